The molecular formula is C23H30N4O2. The van der Waals surface area contributed by atoms with Crippen LogP contribution in [-0.2, 0) is 12.8 Å². The fourth-order valence-corrected chi connectivity index (χ4v) is 3.41. The number of nitrogens with zero attached hydrogens (tertiary/aromatic N) is 1. The topological polar surface area (TPSA) is 70.7 Å². The number of aromatic amines is 1. The fourth-order valence-electron chi connectivity index (χ4n) is 3.41. The molecule has 6 heteroatoms. The number of benzene rings is 2. The molecule has 0 aliphatic rings. The molecular weight excluding hydrogens is 364 g/mol. The van der Waals surface area contributed by atoms with Crippen LogP contribution in [0.1, 0.15) is 17.5 Å². The summed E-state index contributed by atoms with van der Waals surface area (Å²) in [7, 11) is 5.10. The molecule has 0 fully saturated rings. The maximum Gasteiger partial charge on any atom is 0.190 e. The number of aryl methyl sites for hydroxylation is 1. The molecule has 2 aromatic carbocycles. The Balaban J connectivity index is 1.40. The van der Waals surface area contributed by atoms with Gasteiger partial charge in [0, 0.05) is 37.2 Å². The standard InChI is InChI=1S/C23H30N4O2/c1-24-23(26-14-12-17-10-11-21(28-2)22(15-17)29-3)25-13-6-7-18-16-27-20-9-5-4-8-19(18)20/h4-5,8-11,15-16,27H,6-7,12-14H2,1-3H3,(H2,24,25,26). The van der Waals surface area contributed by atoms with Gasteiger partial charge in [-0.2, -0.15) is 0 Å². The third kappa shape index (κ3) is 5.44. The van der Waals surface area contributed by atoms with Crippen LogP contribution in [-0.4, -0.2) is 45.3 Å². The molecule has 0 saturated heterocycles. The summed E-state index contributed by atoms with van der Waals surface area (Å²) in [5.41, 5.74) is 3.74. The summed E-state index contributed by atoms with van der Waals surface area (Å²) in [5.74, 6) is 2.33. The highest BCUT2D eigenvalue weighted by atomic mass is 16.5. The smallest absolute Gasteiger partial charge is 0.190 e. The lowest BCUT2D eigenvalue weighted by Crippen LogP contribution is -2.38. The molecule has 0 unspecified atom stereocenters. The first-order valence-electron chi connectivity index (χ1n) is 9.95. The van der Waals surface area contributed by atoms with Gasteiger partial charge in [-0.05, 0) is 48.6 Å². The molecule has 29 heavy (non-hydrogen) atoms. The first kappa shape index (κ1) is 20.6. The van der Waals surface area contributed by atoms with Crippen LogP contribution >= 0.6 is 0 Å². The molecule has 3 N–H and O–H groups in total. The Labute approximate surface area is 172 Å². The second kappa shape index (κ2) is 10.4. The maximum absolute atomic E-state index is 5.36. The minimum atomic E-state index is 0.747. The summed E-state index contributed by atoms with van der Waals surface area (Å²) in [6.45, 7) is 1.66. The predicted molar refractivity (Wildman–Crippen MR) is 119 cm³/mol. The summed E-state index contributed by atoms with van der Waals surface area (Å²) in [5, 5.41) is 8.07. The van der Waals surface area contributed by atoms with E-state index in [9.17, 15) is 0 Å². The second-order valence-corrected chi connectivity index (χ2v) is 6.83. The Hall–Kier alpha value is -3.15. The minimum absolute atomic E-state index is 0.747. The van der Waals surface area contributed by atoms with E-state index in [1.807, 2.05) is 12.1 Å². The first-order valence-corrected chi connectivity index (χ1v) is 9.95. The molecule has 0 saturated carbocycles. The number of methoxy groups -OCH3 is 2. The Morgan fingerprint density at radius 2 is 1.76 bits per heavy atom. The maximum atomic E-state index is 5.36. The third-order valence-electron chi connectivity index (χ3n) is 4.97. The van der Waals surface area contributed by atoms with Gasteiger partial charge in [-0.3, -0.25) is 4.99 Å². The summed E-state index contributed by atoms with van der Waals surface area (Å²) < 4.78 is 10.6. The van der Waals surface area contributed by atoms with E-state index in [1.54, 1.807) is 21.3 Å². The lowest BCUT2D eigenvalue weighted by atomic mass is 10.1. The van der Waals surface area contributed by atoms with Crippen LogP contribution in [0, 0.1) is 0 Å². The molecule has 0 radical (unpaired) electrons. The molecule has 3 rings (SSSR count). The fraction of sp³-hybridized carbons (Fsp3) is 0.348. The quantitative estimate of drug-likeness (QED) is 0.295. The Morgan fingerprint density at radius 3 is 2.55 bits per heavy atom. The van der Waals surface area contributed by atoms with Crippen molar-refractivity contribution in [1.29, 1.82) is 0 Å². The highest BCUT2D eigenvalue weighted by molar-refractivity contribution is 5.83. The van der Waals surface area contributed by atoms with Gasteiger partial charge in [-0.1, -0.05) is 24.3 Å². The van der Waals surface area contributed by atoms with Crippen LogP contribution < -0.4 is 20.1 Å². The van der Waals surface area contributed by atoms with Crippen molar-refractivity contribution in [1.82, 2.24) is 15.6 Å². The van der Waals surface area contributed by atoms with Crippen molar-refractivity contribution in [3.63, 3.8) is 0 Å². The number of aromatic nitrogens is 1. The summed E-state index contributed by atoms with van der Waals surface area (Å²) in [6.07, 6.45) is 5.05. The van der Waals surface area contributed by atoms with Crippen LogP contribution in [0.4, 0.5) is 0 Å². The number of para-hydroxylation sites is 1. The third-order valence-corrected chi connectivity index (χ3v) is 4.97. The minimum Gasteiger partial charge on any atom is -0.493 e. The van der Waals surface area contributed by atoms with Crippen LogP contribution in [0.3, 0.4) is 0 Å². The average molecular weight is 395 g/mol. The zero-order valence-corrected chi connectivity index (χ0v) is 17.4. The van der Waals surface area contributed by atoms with E-state index in [2.05, 4.69) is 57.1 Å². The van der Waals surface area contributed by atoms with Crippen LogP contribution in [0.15, 0.2) is 53.7 Å². The largest absolute Gasteiger partial charge is 0.493 e. The monoisotopic (exact) mass is 394 g/mol. The van der Waals surface area contributed by atoms with Crippen molar-refractivity contribution >= 4 is 16.9 Å². The van der Waals surface area contributed by atoms with E-state index >= 15 is 0 Å². The van der Waals surface area contributed by atoms with Gasteiger partial charge in [0.2, 0.25) is 0 Å². The molecule has 0 amide bonds. The molecule has 154 valence electrons. The highest BCUT2D eigenvalue weighted by Gasteiger charge is 2.06. The van der Waals surface area contributed by atoms with E-state index < -0.39 is 0 Å². The van der Waals surface area contributed by atoms with Crippen molar-refractivity contribution in [3.05, 3.63) is 59.8 Å². The van der Waals surface area contributed by atoms with Crippen LogP contribution in [0.5, 0.6) is 11.5 Å². The number of fused-ring (bicyclic) bond motifs is 1. The number of hydrogen-bond acceptors (Lipinski definition) is 3. The van der Waals surface area contributed by atoms with Gasteiger partial charge in [-0.15, -0.1) is 0 Å². The molecule has 0 atom stereocenters. The SMILES string of the molecule is CN=C(NCCCc1c[nH]c2ccccc12)NCCc1ccc(OC)c(OC)c1. The Morgan fingerprint density at radius 1 is 0.966 bits per heavy atom. The Bertz CT molecular complexity index is 949. The summed E-state index contributed by atoms with van der Waals surface area (Å²) in [6, 6.07) is 14.4. The van der Waals surface area contributed by atoms with Gasteiger partial charge < -0.3 is 25.1 Å². The lowest BCUT2D eigenvalue weighted by Gasteiger charge is -2.13. The van der Waals surface area contributed by atoms with Gasteiger partial charge in [0.15, 0.2) is 17.5 Å². The van der Waals surface area contributed by atoms with Crippen molar-refractivity contribution in [3.8, 4) is 11.5 Å². The van der Waals surface area contributed by atoms with Crippen LogP contribution in [0.2, 0.25) is 0 Å². The van der Waals surface area contributed by atoms with Crippen molar-refractivity contribution in [2.45, 2.75) is 19.3 Å². The summed E-state index contributed by atoms with van der Waals surface area (Å²) in [4.78, 5) is 7.64. The van der Waals surface area contributed by atoms with Gasteiger partial charge >= 0.3 is 0 Å². The molecule has 1 heterocycles. The van der Waals surface area contributed by atoms with E-state index in [1.165, 1.54) is 22.0 Å². The molecule has 1 aromatic heterocycles. The number of aliphatic imine (C=N–C) groups is 1. The zero-order chi connectivity index (χ0) is 20.5. The molecule has 0 aliphatic carbocycles. The van der Waals surface area contributed by atoms with E-state index in [0.717, 1.165) is 49.8 Å². The number of rotatable bonds is 9. The van der Waals surface area contributed by atoms with E-state index in [4.69, 9.17) is 9.47 Å². The zero-order valence-electron chi connectivity index (χ0n) is 17.4. The Kier molecular flexibility index (Phi) is 7.39. The molecule has 0 spiro atoms. The molecule has 0 bridgehead atoms. The number of ether oxygens (including phenoxy) is 2. The van der Waals surface area contributed by atoms with Gasteiger partial charge in [0.1, 0.15) is 0 Å². The molecule has 0 aliphatic heterocycles. The van der Waals surface area contributed by atoms with E-state index in [-0.39, 0.29) is 0 Å². The number of guanidine groups is 1. The first-order chi connectivity index (χ1) is 14.2. The van der Waals surface area contributed by atoms with Gasteiger partial charge in [0.05, 0.1) is 14.2 Å². The number of nitrogens with one attached hydrogen (secondary N) is 3. The van der Waals surface area contributed by atoms with Crippen molar-refractivity contribution < 1.29 is 9.47 Å². The lowest BCUT2D eigenvalue weighted by molar-refractivity contribution is 0.354. The van der Waals surface area contributed by atoms with Crippen molar-refractivity contribution in [2.24, 2.45) is 4.99 Å². The van der Waals surface area contributed by atoms with Gasteiger partial charge in [0.25, 0.3) is 0 Å². The molecule has 6 nitrogen and oxygen atoms in total. The number of H-pyrrole nitrogens is 1. The highest BCUT2D eigenvalue weighted by Crippen LogP contribution is 2.27. The predicted octanol–water partition coefficient (Wildman–Crippen LogP) is 3.53. The van der Waals surface area contributed by atoms with E-state index in [0.29, 0.717) is 0 Å². The second-order valence-electron chi connectivity index (χ2n) is 6.83. The normalized spacial score (nSPS) is 11.5. The number of hydrogen-bond donors (Lipinski definition) is 3. The van der Waals surface area contributed by atoms with Crippen LogP contribution in [0.25, 0.3) is 10.9 Å². The summed E-state index contributed by atoms with van der Waals surface area (Å²) >= 11 is 0. The average Bonchev–Trinajstić information content (AvgIpc) is 3.18. The van der Waals surface area contributed by atoms with Gasteiger partial charge in [-0.25, -0.2) is 0 Å². The molecule has 3 aromatic rings. The van der Waals surface area contributed by atoms with Crippen molar-refractivity contribution in [2.75, 3.05) is 34.4 Å².